The zero-order chi connectivity index (χ0) is 15.1. The van der Waals surface area contributed by atoms with E-state index in [0.717, 1.165) is 27.6 Å². The van der Waals surface area contributed by atoms with Crippen LogP contribution in [0, 0.1) is 0 Å². The minimum absolute atomic E-state index is 0.554. The van der Waals surface area contributed by atoms with E-state index in [1.165, 1.54) is 5.56 Å². The number of aromatic nitrogens is 3. The molecule has 4 rings (SSSR count). The molecule has 5 heteroatoms. The molecular weight excluding hydrogens is 292 g/mol. The second-order valence-corrected chi connectivity index (χ2v) is 6.00. The van der Waals surface area contributed by atoms with E-state index in [-0.39, 0.29) is 0 Å². The maximum absolute atomic E-state index is 6.11. The van der Waals surface area contributed by atoms with Crippen LogP contribution in [-0.4, -0.2) is 14.5 Å². The van der Waals surface area contributed by atoms with Gasteiger partial charge in [0.05, 0.1) is 18.2 Å². The summed E-state index contributed by atoms with van der Waals surface area (Å²) in [4.78, 5) is 8.54. The van der Waals surface area contributed by atoms with Gasteiger partial charge in [-0.3, -0.25) is 0 Å². The van der Waals surface area contributed by atoms with Crippen molar-refractivity contribution in [2.75, 3.05) is 5.73 Å². The van der Waals surface area contributed by atoms with Crippen molar-refractivity contribution in [1.82, 2.24) is 14.5 Å². The number of anilines is 1. The Morgan fingerprint density at radius 3 is 2.73 bits per heavy atom. The summed E-state index contributed by atoms with van der Waals surface area (Å²) in [5, 5.41) is 6.29. The van der Waals surface area contributed by atoms with E-state index in [9.17, 15) is 0 Å². The van der Waals surface area contributed by atoms with Gasteiger partial charge in [-0.15, -0.1) is 0 Å². The van der Waals surface area contributed by atoms with Gasteiger partial charge in [-0.25, -0.2) is 9.97 Å². The van der Waals surface area contributed by atoms with E-state index in [2.05, 4.69) is 45.0 Å². The molecule has 0 bridgehead atoms. The molecule has 0 saturated heterocycles. The summed E-state index contributed by atoms with van der Waals surface area (Å²) in [5.74, 6) is 0.554. The third-order valence-corrected chi connectivity index (χ3v) is 4.55. The molecule has 4 nitrogen and oxygen atoms in total. The number of fused-ring (bicyclic) bond motifs is 1. The molecule has 0 spiro atoms. The lowest BCUT2D eigenvalue weighted by molar-refractivity contribution is 0.921. The van der Waals surface area contributed by atoms with Gasteiger partial charge in [0.25, 0.3) is 0 Å². The molecule has 0 aliphatic rings. The molecular formula is C17H14N4S. The van der Waals surface area contributed by atoms with Crippen molar-refractivity contribution in [2.24, 2.45) is 7.05 Å². The maximum atomic E-state index is 6.11. The number of aryl methyl sites for hydroxylation is 1. The highest BCUT2D eigenvalue weighted by molar-refractivity contribution is 7.08. The molecule has 4 aromatic rings. The van der Waals surface area contributed by atoms with Crippen LogP contribution in [0.15, 0.2) is 53.7 Å². The van der Waals surface area contributed by atoms with Crippen molar-refractivity contribution in [1.29, 1.82) is 0 Å². The lowest BCUT2D eigenvalue weighted by Gasteiger charge is -2.09. The lowest BCUT2D eigenvalue weighted by Crippen LogP contribution is -1.95. The number of hydrogen-bond donors (Lipinski definition) is 1. The Bertz CT molecular complexity index is 954. The molecule has 0 saturated carbocycles. The summed E-state index contributed by atoms with van der Waals surface area (Å²) in [6.45, 7) is 0. The van der Waals surface area contributed by atoms with Crippen LogP contribution in [0.4, 0.5) is 5.82 Å². The molecule has 0 radical (unpaired) electrons. The molecule has 0 aliphatic carbocycles. The van der Waals surface area contributed by atoms with Crippen molar-refractivity contribution < 1.29 is 0 Å². The minimum Gasteiger partial charge on any atom is -0.383 e. The third-order valence-electron chi connectivity index (χ3n) is 3.86. The zero-order valence-electron chi connectivity index (χ0n) is 12.0. The number of imidazole rings is 1. The van der Waals surface area contributed by atoms with Gasteiger partial charge in [-0.1, -0.05) is 12.1 Å². The Kier molecular flexibility index (Phi) is 2.94. The molecule has 1 aromatic carbocycles. The Balaban J connectivity index is 1.98. The van der Waals surface area contributed by atoms with Crippen molar-refractivity contribution in [3.05, 3.63) is 53.7 Å². The number of benzene rings is 1. The van der Waals surface area contributed by atoms with E-state index in [0.29, 0.717) is 5.82 Å². The number of nitrogen functional groups attached to an aromatic ring is 1. The first-order valence-electron chi connectivity index (χ1n) is 6.91. The largest absolute Gasteiger partial charge is 0.383 e. The van der Waals surface area contributed by atoms with Crippen LogP contribution in [0.25, 0.3) is 33.2 Å². The third kappa shape index (κ3) is 1.98. The van der Waals surface area contributed by atoms with Gasteiger partial charge in [0.15, 0.2) is 0 Å². The second-order valence-electron chi connectivity index (χ2n) is 5.22. The first-order valence-corrected chi connectivity index (χ1v) is 7.86. The fourth-order valence-electron chi connectivity index (χ4n) is 2.71. The number of thiophene rings is 1. The van der Waals surface area contributed by atoms with Gasteiger partial charge < -0.3 is 10.3 Å². The Morgan fingerprint density at radius 1 is 1.09 bits per heavy atom. The summed E-state index contributed by atoms with van der Waals surface area (Å²) in [7, 11) is 1.98. The van der Waals surface area contributed by atoms with Gasteiger partial charge in [-0.2, -0.15) is 11.3 Å². The van der Waals surface area contributed by atoms with Gasteiger partial charge >= 0.3 is 0 Å². The standard InChI is InChI=1S/C17H14N4S/c1-21-10-19-8-16(21)11-2-3-13-14(6-11)17(18)20-7-15(13)12-4-5-22-9-12/h2-10H,1H3,(H2,18,20). The summed E-state index contributed by atoms with van der Waals surface area (Å²) in [6, 6.07) is 8.41. The quantitative estimate of drug-likeness (QED) is 0.610. The summed E-state index contributed by atoms with van der Waals surface area (Å²) in [6.07, 6.45) is 5.50. The molecule has 0 unspecified atom stereocenters. The number of rotatable bonds is 2. The predicted octanol–water partition coefficient (Wildman–Crippen LogP) is 3.95. The van der Waals surface area contributed by atoms with Crippen LogP contribution in [0.1, 0.15) is 0 Å². The van der Waals surface area contributed by atoms with E-state index in [1.807, 2.05) is 24.0 Å². The fourth-order valence-corrected chi connectivity index (χ4v) is 3.36. The van der Waals surface area contributed by atoms with E-state index < -0.39 is 0 Å². The predicted molar refractivity (Wildman–Crippen MR) is 91.7 cm³/mol. The van der Waals surface area contributed by atoms with Crippen molar-refractivity contribution in [2.45, 2.75) is 0 Å². The lowest BCUT2D eigenvalue weighted by atomic mass is 10.00. The fraction of sp³-hybridized carbons (Fsp3) is 0.0588. The molecule has 108 valence electrons. The van der Waals surface area contributed by atoms with E-state index >= 15 is 0 Å². The van der Waals surface area contributed by atoms with Crippen molar-refractivity contribution in [3.8, 4) is 22.4 Å². The Hall–Kier alpha value is -2.66. The highest BCUT2D eigenvalue weighted by Gasteiger charge is 2.10. The molecule has 22 heavy (non-hydrogen) atoms. The van der Waals surface area contributed by atoms with Crippen LogP contribution in [0.2, 0.25) is 0 Å². The van der Waals surface area contributed by atoms with Gasteiger partial charge in [0.1, 0.15) is 5.82 Å². The van der Waals surface area contributed by atoms with Crippen LogP contribution in [0.5, 0.6) is 0 Å². The van der Waals surface area contributed by atoms with Crippen molar-refractivity contribution >= 4 is 27.9 Å². The Morgan fingerprint density at radius 2 is 2.00 bits per heavy atom. The zero-order valence-corrected chi connectivity index (χ0v) is 12.8. The number of nitrogens with two attached hydrogens (primary N) is 1. The van der Waals surface area contributed by atoms with Crippen molar-refractivity contribution in [3.63, 3.8) is 0 Å². The average Bonchev–Trinajstić information content (AvgIpc) is 3.19. The first kappa shape index (κ1) is 13.0. The SMILES string of the molecule is Cn1cncc1-c1ccc2c(-c3ccsc3)cnc(N)c2c1. The molecule has 0 amide bonds. The highest BCUT2D eigenvalue weighted by atomic mass is 32.1. The second kappa shape index (κ2) is 4.96. The average molecular weight is 306 g/mol. The van der Waals surface area contributed by atoms with Crippen LogP contribution in [0.3, 0.4) is 0 Å². The van der Waals surface area contributed by atoms with Gasteiger partial charge in [-0.05, 0) is 33.8 Å². The topological polar surface area (TPSA) is 56.7 Å². The summed E-state index contributed by atoms with van der Waals surface area (Å²) in [5.41, 5.74) is 10.5. The van der Waals surface area contributed by atoms with Crippen LogP contribution >= 0.6 is 11.3 Å². The van der Waals surface area contributed by atoms with Gasteiger partial charge in [0.2, 0.25) is 0 Å². The van der Waals surface area contributed by atoms with E-state index in [1.54, 1.807) is 17.7 Å². The summed E-state index contributed by atoms with van der Waals surface area (Å²) < 4.78 is 1.99. The minimum atomic E-state index is 0.554. The van der Waals surface area contributed by atoms with Crippen LogP contribution in [-0.2, 0) is 7.05 Å². The monoisotopic (exact) mass is 306 g/mol. The van der Waals surface area contributed by atoms with E-state index in [4.69, 9.17) is 5.73 Å². The maximum Gasteiger partial charge on any atom is 0.131 e. The van der Waals surface area contributed by atoms with Crippen LogP contribution < -0.4 is 5.73 Å². The molecule has 2 N–H and O–H groups in total. The summed E-state index contributed by atoms with van der Waals surface area (Å²) >= 11 is 1.68. The number of pyridine rings is 1. The smallest absolute Gasteiger partial charge is 0.131 e. The molecule has 0 fully saturated rings. The highest BCUT2D eigenvalue weighted by Crippen LogP contribution is 2.34. The van der Waals surface area contributed by atoms with Gasteiger partial charge in [0, 0.05) is 29.8 Å². The number of nitrogens with zero attached hydrogens (tertiary/aromatic N) is 3. The molecule has 3 aromatic heterocycles. The Labute approximate surface area is 131 Å². The first-order chi connectivity index (χ1) is 10.7. The normalized spacial score (nSPS) is 11.1. The number of hydrogen-bond acceptors (Lipinski definition) is 4. The molecule has 3 heterocycles. The molecule has 0 aliphatic heterocycles. The molecule has 0 atom stereocenters.